The molecule has 0 aromatic rings. The lowest BCUT2D eigenvalue weighted by molar-refractivity contribution is -0.138. The van der Waals surface area contributed by atoms with Gasteiger partial charge in [0.25, 0.3) is 0 Å². The molecule has 6 nitrogen and oxygen atoms in total. The van der Waals surface area contributed by atoms with Crippen molar-refractivity contribution >= 4 is 15.7 Å². The Kier molecular flexibility index (Phi) is 4.47. The van der Waals surface area contributed by atoms with Crippen LogP contribution in [-0.2, 0) is 14.6 Å². The molecule has 2 aliphatic rings. The zero-order valence-electron chi connectivity index (χ0n) is 11.2. The molecular weight excluding hydrogens is 268 g/mol. The maximum absolute atomic E-state index is 12.5. The number of rotatable bonds is 4. The van der Waals surface area contributed by atoms with Crippen LogP contribution in [-0.4, -0.2) is 68.1 Å². The maximum Gasteiger partial charge on any atom is 0.227 e. The number of nitrogens with zero attached hydrogens (tertiary/aromatic N) is 1. The summed E-state index contributed by atoms with van der Waals surface area (Å²) < 4.78 is 23.1. The molecule has 0 aromatic heterocycles. The minimum Gasteiger partial charge on any atom is -0.395 e. The molecule has 0 aromatic carbocycles. The van der Waals surface area contributed by atoms with E-state index in [1.54, 1.807) is 4.90 Å². The van der Waals surface area contributed by atoms with E-state index in [2.05, 4.69) is 5.32 Å². The van der Waals surface area contributed by atoms with Gasteiger partial charge in [-0.15, -0.1) is 0 Å². The summed E-state index contributed by atoms with van der Waals surface area (Å²) in [6, 6.07) is -0.266. The van der Waals surface area contributed by atoms with Crippen LogP contribution in [0.4, 0.5) is 0 Å². The van der Waals surface area contributed by atoms with Crippen molar-refractivity contribution in [1.29, 1.82) is 0 Å². The number of carbonyl (C=O) groups excluding carboxylic acids is 1. The molecule has 0 aliphatic carbocycles. The van der Waals surface area contributed by atoms with Gasteiger partial charge in [0.1, 0.15) is 0 Å². The number of aliphatic hydroxyl groups is 1. The first-order valence-electron chi connectivity index (χ1n) is 6.77. The van der Waals surface area contributed by atoms with Gasteiger partial charge in [0.15, 0.2) is 9.84 Å². The fourth-order valence-corrected chi connectivity index (χ4v) is 4.69. The van der Waals surface area contributed by atoms with Gasteiger partial charge in [0, 0.05) is 19.1 Å². The van der Waals surface area contributed by atoms with Crippen molar-refractivity contribution in [3.05, 3.63) is 0 Å². The summed E-state index contributed by atoms with van der Waals surface area (Å²) >= 11 is 0. The smallest absolute Gasteiger partial charge is 0.227 e. The molecule has 2 rings (SSSR count). The predicted molar refractivity (Wildman–Crippen MR) is 71.4 cm³/mol. The molecule has 0 radical (unpaired) electrons. The first-order valence-corrected chi connectivity index (χ1v) is 8.59. The minimum atomic E-state index is -3.02. The summed E-state index contributed by atoms with van der Waals surface area (Å²) in [4.78, 5) is 14.1. The zero-order chi connectivity index (χ0) is 14.0. The van der Waals surface area contributed by atoms with Crippen LogP contribution in [0.1, 0.15) is 13.3 Å². The molecule has 7 heteroatoms. The Morgan fingerprint density at radius 2 is 2.16 bits per heavy atom. The highest BCUT2D eigenvalue weighted by Crippen LogP contribution is 2.24. The Hall–Kier alpha value is -0.660. The van der Waals surface area contributed by atoms with E-state index in [1.807, 2.05) is 6.92 Å². The predicted octanol–water partition coefficient (Wildman–Crippen LogP) is -1.15. The number of aliphatic hydroxyl groups excluding tert-OH is 1. The van der Waals surface area contributed by atoms with Gasteiger partial charge in [-0.05, 0) is 18.9 Å². The molecule has 110 valence electrons. The number of amides is 1. The van der Waals surface area contributed by atoms with Crippen LogP contribution in [0.3, 0.4) is 0 Å². The molecule has 3 atom stereocenters. The van der Waals surface area contributed by atoms with E-state index in [9.17, 15) is 13.2 Å². The Labute approximate surface area is 114 Å². The fourth-order valence-electron chi connectivity index (χ4n) is 2.96. The highest BCUT2D eigenvalue weighted by molar-refractivity contribution is 7.91. The van der Waals surface area contributed by atoms with E-state index in [0.717, 1.165) is 6.54 Å². The summed E-state index contributed by atoms with van der Waals surface area (Å²) in [5.74, 6) is 0.314. The zero-order valence-corrected chi connectivity index (χ0v) is 12.0. The maximum atomic E-state index is 12.5. The molecule has 2 N–H and O–H groups in total. The van der Waals surface area contributed by atoms with Crippen LogP contribution in [0.5, 0.6) is 0 Å². The van der Waals surface area contributed by atoms with Crippen molar-refractivity contribution in [2.24, 2.45) is 11.8 Å². The lowest BCUT2D eigenvalue weighted by Crippen LogP contribution is -2.47. The first kappa shape index (κ1) is 14.7. The van der Waals surface area contributed by atoms with Gasteiger partial charge in [0.2, 0.25) is 5.91 Å². The molecule has 2 saturated heterocycles. The van der Waals surface area contributed by atoms with Gasteiger partial charge in [-0.3, -0.25) is 4.79 Å². The van der Waals surface area contributed by atoms with Gasteiger partial charge in [-0.25, -0.2) is 8.42 Å². The summed E-state index contributed by atoms with van der Waals surface area (Å²) in [6.07, 6.45) is 0.489. The molecule has 19 heavy (non-hydrogen) atoms. The van der Waals surface area contributed by atoms with Crippen molar-refractivity contribution in [3.8, 4) is 0 Å². The van der Waals surface area contributed by atoms with Crippen LogP contribution in [0.15, 0.2) is 0 Å². The summed E-state index contributed by atoms with van der Waals surface area (Å²) in [5.41, 5.74) is 0. The number of sulfone groups is 1. The molecule has 2 heterocycles. The first-order chi connectivity index (χ1) is 8.94. The standard InChI is InChI=1S/C12H22N2O4S/c1-9-6-13-7-11(9)12(16)14(3-4-15)10-2-5-19(17,18)8-10/h9-11,13,15H,2-8H2,1H3/t9-,10?,11-/m1/s1. The second-order valence-electron chi connectivity index (χ2n) is 5.55. The third-order valence-corrected chi connectivity index (χ3v) is 5.86. The summed E-state index contributed by atoms with van der Waals surface area (Å²) in [7, 11) is -3.02. The van der Waals surface area contributed by atoms with Crippen LogP contribution in [0.25, 0.3) is 0 Å². The lowest BCUT2D eigenvalue weighted by atomic mass is 9.96. The van der Waals surface area contributed by atoms with E-state index in [1.165, 1.54) is 0 Å². The second kappa shape index (κ2) is 5.76. The Morgan fingerprint density at radius 3 is 2.63 bits per heavy atom. The van der Waals surface area contributed by atoms with Crippen LogP contribution in [0, 0.1) is 11.8 Å². The number of nitrogens with one attached hydrogen (secondary N) is 1. The number of hydrogen-bond acceptors (Lipinski definition) is 5. The van der Waals surface area contributed by atoms with Gasteiger partial charge < -0.3 is 15.3 Å². The topological polar surface area (TPSA) is 86.7 Å². The Balaban J connectivity index is 2.09. The molecule has 0 saturated carbocycles. The van der Waals surface area contributed by atoms with E-state index in [0.29, 0.717) is 13.0 Å². The van der Waals surface area contributed by atoms with Crippen molar-refractivity contribution in [3.63, 3.8) is 0 Å². The molecule has 2 aliphatic heterocycles. The Morgan fingerprint density at radius 1 is 1.42 bits per heavy atom. The lowest BCUT2D eigenvalue weighted by Gasteiger charge is -2.31. The molecule has 1 unspecified atom stereocenters. The Bertz CT molecular complexity index is 437. The highest BCUT2D eigenvalue weighted by atomic mass is 32.2. The van der Waals surface area contributed by atoms with Crippen LogP contribution >= 0.6 is 0 Å². The average Bonchev–Trinajstić information content (AvgIpc) is 2.91. The molecular formula is C12H22N2O4S. The quantitative estimate of drug-likeness (QED) is 0.683. The average molecular weight is 290 g/mol. The largest absolute Gasteiger partial charge is 0.395 e. The van der Waals surface area contributed by atoms with Crippen molar-refractivity contribution in [2.45, 2.75) is 19.4 Å². The number of carbonyl (C=O) groups is 1. The van der Waals surface area contributed by atoms with Crippen LogP contribution < -0.4 is 5.32 Å². The fraction of sp³-hybridized carbons (Fsp3) is 0.917. The van der Waals surface area contributed by atoms with E-state index in [4.69, 9.17) is 5.11 Å². The van der Waals surface area contributed by atoms with Gasteiger partial charge in [0.05, 0.1) is 24.0 Å². The molecule has 0 spiro atoms. The SMILES string of the molecule is C[C@@H]1CNC[C@H]1C(=O)N(CCO)C1CCS(=O)(=O)C1. The van der Waals surface area contributed by atoms with Gasteiger partial charge in [-0.2, -0.15) is 0 Å². The van der Waals surface area contributed by atoms with E-state index >= 15 is 0 Å². The molecule has 2 fully saturated rings. The van der Waals surface area contributed by atoms with Crippen LogP contribution in [0.2, 0.25) is 0 Å². The number of hydrogen-bond donors (Lipinski definition) is 2. The molecule has 0 bridgehead atoms. The van der Waals surface area contributed by atoms with Crippen molar-refractivity contribution < 1.29 is 18.3 Å². The summed E-state index contributed by atoms with van der Waals surface area (Å²) in [5, 5.41) is 12.3. The van der Waals surface area contributed by atoms with Gasteiger partial charge in [-0.1, -0.05) is 6.92 Å². The normalized spacial score (nSPS) is 33.5. The van der Waals surface area contributed by atoms with E-state index < -0.39 is 9.84 Å². The minimum absolute atomic E-state index is 0.0198. The summed E-state index contributed by atoms with van der Waals surface area (Å²) in [6.45, 7) is 3.57. The second-order valence-corrected chi connectivity index (χ2v) is 7.78. The highest BCUT2D eigenvalue weighted by Gasteiger charge is 2.39. The third kappa shape index (κ3) is 3.27. The van der Waals surface area contributed by atoms with Gasteiger partial charge >= 0.3 is 0 Å². The third-order valence-electron chi connectivity index (χ3n) is 4.11. The van der Waals surface area contributed by atoms with Crippen molar-refractivity contribution in [1.82, 2.24) is 10.2 Å². The monoisotopic (exact) mass is 290 g/mol. The van der Waals surface area contributed by atoms with Crippen molar-refractivity contribution in [2.75, 3.05) is 37.7 Å². The van der Waals surface area contributed by atoms with E-state index in [-0.39, 0.29) is 48.4 Å². The molecule has 1 amide bonds.